The molecule has 1 aromatic carbocycles. The van der Waals surface area contributed by atoms with Gasteiger partial charge >= 0.3 is 0 Å². The molecule has 0 bridgehead atoms. The van der Waals surface area contributed by atoms with Crippen LogP contribution in [0.1, 0.15) is 18.9 Å². The lowest BCUT2D eigenvalue weighted by atomic mass is 9.88. The van der Waals surface area contributed by atoms with Gasteiger partial charge in [0.05, 0.1) is 6.07 Å². The van der Waals surface area contributed by atoms with Gasteiger partial charge in [-0.25, -0.2) is 0 Å². The number of hydrogen-bond acceptors (Lipinski definition) is 3. The van der Waals surface area contributed by atoms with E-state index in [9.17, 15) is 5.26 Å². The van der Waals surface area contributed by atoms with Gasteiger partial charge < -0.3 is 4.74 Å². The van der Waals surface area contributed by atoms with Crippen LogP contribution in [-0.2, 0) is 10.3 Å². The van der Waals surface area contributed by atoms with Crippen molar-refractivity contribution < 1.29 is 4.74 Å². The summed E-state index contributed by atoms with van der Waals surface area (Å²) in [5, 5.41) is 12.5. The van der Waals surface area contributed by atoms with Gasteiger partial charge in [-0.3, -0.25) is 5.32 Å². The predicted octanol–water partition coefficient (Wildman–Crippen LogP) is 2.05. The molecule has 0 aliphatic carbocycles. The molecule has 1 atom stereocenters. The van der Waals surface area contributed by atoms with Crippen molar-refractivity contribution in [2.45, 2.75) is 18.9 Å². The second-order valence-electron chi connectivity index (χ2n) is 3.58. The average Bonchev–Trinajstić information content (AvgIpc) is 2.36. The molecule has 0 saturated carbocycles. The second-order valence-corrected chi connectivity index (χ2v) is 3.58. The predicted molar refractivity (Wildman–Crippen MR) is 63.9 cm³/mol. The molecule has 0 spiro atoms. The quantitative estimate of drug-likeness (QED) is 0.743. The highest BCUT2D eigenvalue weighted by Gasteiger charge is 2.29. The van der Waals surface area contributed by atoms with Crippen molar-refractivity contribution in [3.63, 3.8) is 0 Å². The third-order valence-electron chi connectivity index (χ3n) is 2.71. The molecular formula is C13H18N2O. The molecule has 86 valence electrons. The molecule has 3 heteroatoms. The molecule has 1 unspecified atom stereocenters. The Morgan fingerprint density at radius 3 is 2.56 bits per heavy atom. The summed E-state index contributed by atoms with van der Waals surface area (Å²) >= 11 is 0. The van der Waals surface area contributed by atoms with Crippen molar-refractivity contribution in [2.75, 3.05) is 20.3 Å². The van der Waals surface area contributed by atoms with Gasteiger partial charge in [-0.1, -0.05) is 30.3 Å². The Hall–Kier alpha value is -1.37. The fraction of sp³-hybridized carbons (Fsp3) is 0.462. The van der Waals surface area contributed by atoms with Gasteiger partial charge in [-0.05, 0) is 19.5 Å². The molecule has 1 rings (SSSR count). The van der Waals surface area contributed by atoms with Gasteiger partial charge in [0.15, 0.2) is 0 Å². The van der Waals surface area contributed by atoms with Gasteiger partial charge in [-0.15, -0.1) is 0 Å². The Morgan fingerprint density at radius 2 is 2.06 bits per heavy atom. The lowest BCUT2D eigenvalue weighted by molar-refractivity contribution is 0.128. The Kier molecular flexibility index (Phi) is 4.97. The van der Waals surface area contributed by atoms with Crippen molar-refractivity contribution in [3.05, 3.63) is 35.9 Å². The van der Waals surface area contributed by atoms with Crippen molar-refractivity contribution in [3.8, 4) is 6.07 Å². The summed E-state index contributed by atoms with van der Waals surface area (Å²) in [5.74, 6) is 0. The van der Waals surface area contributed by atoms with E-state index in [1.165, 1.54) is 0 Å². The van der Waals surface area contributed by atoms with Crippen LogP contribution in [0.5, 0.6) is 0 Å². The molecule has 3 nitrogen and oxygen atoms in total. The Labute approximate surface area is 97.0 Å². The van der Waals surface area contributed by atoms with Gasteiger partial charge in [0.1, 0.15) is 5.54 Å². The van der Waals surface area contributed by atoms with Crippen LogP contribution in [-0.4, -0.2) is 20.3 Å². The maximum atomic E-state index is 9.36. The van der Waals surface area contributed by atoms with E-state index in [0.717, 1.165) is 5.56 Å². The van der Waals surface area contributed by atoms with E-state index < -0.39 is 5.54 Å². The van der Waals surface area contributed by atoms with Gasteiger partial charge in [-0.2, -0.15) is 5.26 Å². The third-order valence-corrected chi connectivity index (χ3v) is 2.71. The van der Waals surface area contributed by atoms with Crippen LogP contribution >= 0.6 is 0 Å². The first-order valence-corrected chi connectivity index (χ1v) is 5.52. The zero-order valence-electron chi connectivity index (χ0n) is 9.86. The highest BCUT2D eigenvalue weighted by atomic mass is 16.5. The van der Waals surface area contributed by atoms with Crippen molar-refractivity contribution in [1.82, 2.24) is 5.32 Å². The third kappa shape index (κ3) is 2.82. The van der Waals surface area contributed by atoms with E-state index in [-0.39, 0.29) is 0 Å². The smallest absolute Gasteiger partial charge is 0.134 e. The number of ether oxygens (including phenoxy) is 1. The normalized spacial score (nSPS) is 14.1. The van der Waals surface area contributed by atoms with Crippen LogP contribution in [0.2, 0.25) is 0 Å². The standard InChI is InChI=1S/C13H18N2O/c1-3-16-10-9-13(11-14,15-2)12-7-5-4-6-8-12/h4-8,15H,3,9-10H2,1-2H3. The zero-order chi connectivity index (χ0) is 11.9. The molecule has 0 heterocycles. The first kappa shape index (κ1) is 12.7. The number of nitriles is 1. The molecule has 0 saturated heterocycles. The van der Waals surface area contributed by atoms with Crippen molar-refractivity contribution in [1.29, 1.82) is 5.26 Å². The number of benzene rings is 1. The SMILES string of the molecule is CCOCCC(C#N)(NC)c1ccccc1. The molecular weight excluding hydrogens is 200 g/mol. The number of nitrogens with one attached hydrogen (secondary N) is 1. The molecule has 0 aromatic heterocycles. The number of nitrogens with zero attached hydrogens (tertiary/aromatic N) is 1. The Bertz CT molecular complexity index is 345. The van der Waals surface area contributed by atoms with Gasteiger partial charge in [0, 0.05) is 19.6 Å². The van der Waals surface area contributed by atoms with Crippen LogP contribution in [0.4, 0.5) is 0 Å². The fourth-order valence-corrected chi connectivity index (χ4v) is 1.68. The molecule has 0 aliphatic rings. The molecule has 0 aliphatic heterocycles. The summed E-state index contributed by atoms with van der Waals surface area (Å²) < 4.78 is 5.32. The minimum absolute atomic E-state index is 0.583. The summed E-state index contributed by atoms with van der Waals surface area (Å²) in [6.45, 7) is 3.22. The topological polar surface area (TPSA) is 45.0 Å². The highest BCUT2D eigenvalue weighted by Crippen LogP contribution is 2.23. The maximum absolute atomic E-state index is 9.36. The summed E-state index contributed by atoms with van der Waals surface area (Å²) in [6, 6.07) is 12.1. The molecule has 1 aromatic rings. The minimum atomic E-state index is -0.642. The van der Waals surface area contributed by atoms with Gasteiger partial charge in [0.25, 0.3) is 0 Å². The molecule has 1 N–H and O–H groups in total. The van der Waals surface area contributed by atoms with Gasteiger partial charge in [0.2, 0.25) is 0 Å². The largest absolute Gasteiger partial charge is 0.382 e. The van der Waals surface area contributed by atoms with E-state index >= 15 is 0 Å². The zero-order valence-corrected chi connectivity index (χ0v) is 9.86. The molecule has 0 radical (unpaired) electrons. The molecule has 0 fully saturated rings. The molecule has 16 heavy (non-hydrogen) atoms. The minimum Gasteiger partial charge on any atom is -0.382 e. The first-order chi connectivity index (χ1) is 7.79. The van der Waals surface area contributed by atoms with E-state index in [1.54, 1.807) is 0 Å². The number of hydrogen-bond donors (Lipinski definition) is 1. The second kappa shape index (κ2) is 6.26. The van der Waals surface area contributed by atoms with Crippen LogP contribution in [0.15, 0.2) is 30.3 Å². The lowest BCUT2D eigenvalue weighted by Gasteiger charge is -2.26. The van der Waals surface area contributed by atoms with E-state index in [4.69, 9.17) is 4.74 Å². The summed E-state index contributed by atoms with van der Waals surface area (Å²) in [7, 11) is 1.81. The summed E-state index contributed by atoms with van der Waals surface area (Å²) in [5.41, 5.74) is 0.343. The monoisotopic (exact) mass is 218 g/mol. The summed E-state index contributed by atoms with van der Waals surface area (Å²) in [6.07, 6.45) is 0.651. The number of rotatable bonds is 6. The van der Waals surface area contributed by atoms with Crippen LogP contribution in [0.3, 0.4) is 0 Å². The van der Waals surface area contributed by atoms with E-state index in [2.05, 4.69) is 11.4 Å². The van der Waals surface area contributed by atoms with Crippen LogP contribution in [0.25, 0.3) is 0 Å². The summed E-state index contributed by atoms with van der Waals surface area (Å²) in [4.78, 5) is 0. The van der Waals surface area contributed by atoms with E-state index in [0.29, 0.717) is 19.6 Å². The highest BCUT2D eigenvalue weighted by molar-refractivity contribution is 5.31. The lowest BCUT2D eigenvalue weighted by Crippen LogP contribution is -2.39. The Balaban J connectivity index is 2.85. The molecule has 0 amide bonds. The van der Waals surface area contributed by atoms with Crippen molar-refractivity contribution >= 4 is 0 Å². The van der Waals surface area contributed by atoms with E-state index in [1.807, 2.05) is 44.3 Å². The first-order valence-electron chi connectivity index (χ1n) is 5.52. The Morgan fingerprint density at radius 1 is 1.38 bits per heavy atom. The average molecular weight is 218 g/mol. The van der Waals surface area contributed by atoms with Crippen LogP contribution in [0, 0.1) is 11.3 Å². The fourth-order valence-electron chi connectivity index (χ4n) is 1.68. The van der Waals surface area contributed by atoms with Crippen LogP contribution < -0.4 is 5.32 Å². The van der Waals surface area contributed by atoms with Crippen molar-refractivity contribution in [2.24, 2.45) is 0 Å². The maximum Gasteiger partial charge on any atom is 0.134 e.